The fourth-order valence-electron chi connectivity index (χ4n) is 1.93. The van der Waals surface area contributed by atoms with E-state index in [-0.39, 0.29) is 5.91 Å². The van der Waals surface area contributed by atoms with Gasteiger partial charge in [0.05, 0.1) is 0 Å². The maximum absolute atomic E-state index is 12.0. The van der Waals surface area contributed by atoms with Crippen molar-refractivity contribution in [3.8, 4) is 0 Å². The van der Waals surface area contributed by atoms with Gasteiger partial charge in [-0.15, -0.1) is 0 Å². The van der Waals surface area contributed by atoms with E-state index in [1.807, 2.05) is 18.2 Å². The lowest BCUT2D eigenvalue weighted by atomic mass is 10.0. The molecule has 0 aliphatic rings. The van der Waals surface area contributed by atoms with Crippen LogP contribution in [0.2, 0.25) is 0 Å². The molecule has 0 fully saturated rings. The van der Waals surface area contributed by atoms with Crippen LogP contribution in [0.4, 0.5) is 5.69 Å². The van der Waals surface area contributed by atoms with E-state index in [0.717, 1.165) is 10.2 Å². The third-order valence-corrected chi connectivity index (χ3v) is 3.91. The largest absolute Gasteiger partial charge is 0.331 e. The molecule has 2 rings (SSSR count). The van der Waals surface area contributed by atoms with E-state index in [4.69, 9.17) is 12.2 Å². The molecule has 0 bridgehead atoms. The Hall–Kier alpha value is -1.92. The molecule has 0 spiro atoms. The predicted octanol–water partition coefficient (Wildman–Crippen LogP) is 4.20. The number of hydrogen-bond acceptors (Lipinski definition) is 2. The quantitative estimate of drug-likeness (QED) is 0.541. The maximum atomic E-state index is 12.0. The molecule has 3 N–H and O–H groups in total. The second-order valence-electron chi connectivity index (χ2n) is 5.32. The highest BCUT2D eigenvalue weighted by Crippen LogP contribution is 2.17. The van der Waals surface area contributed by atoms with Crippen molar-refractivity contribution in [2.75, 3.05) is 5.32 Å². The molecule has 2 aromatic carbocycles. The minimum absolute atomic E-state index is 0.259. The van der Waals surface area contributed by atoms with Gasteiger partial charge in [0.2, 0.25) is 0 Å². The summed E-state index contributed by atoms with van der Waals surface area (Å²) in [5.74, 6) is 0.226. The number of amides is 1. The molecule has 6 heteroatoms. The summed E-state index contributed by atoms with van der Waals surface area (Å²) >= 11 is 8.50. The van der Waals surface area contributed by atoms with Crippen molar-refractivity contribution in [1.82, 2.24) is 10.9 Å². The Bertz CT molecular complexity index is 701. The molecule has 0 aliphatic carbocycles. The summed E-state index contributed by atoms with van der Waals surface area (Å²) < 4.78 is 0.844. The van der Waals surface area contributed by atoms with E-state index in [2.05, 4.69) is 58.1 Å². The molecule has 2 aromatic rings. The number of carbonyl (C=O) groups excluding carboxylic acids is 1. The number of rotatable bonds is 3. The van der Waals surface area contributed by atoms with E-state index in [1.54, 1.807) is 18.2 Å². The summed E-state index contributed by atoms with van der Waals surface area (Å²) in [7, 11) is 0. The SMILES string of the molecule is CC(C)c1ccc(NC(=S)NNC(=O)c2cccc(Br)c2)cc1. The average Bonchev–Trinajstić information content (AvgIpc) is 2.53. The third-order valence-electron chi connectivity index (χ3n) is 3.21. The zero-order valence-electron chi connectivity index (χ0n) is 12.9. The van der Waals surface area contributed by atoms with Gasteiger partial charge >= 0.3 is 0 Å². The first kappa shape index (κ1) is 17.4. The lowest BCUT2D eigenvalue weighted by Crippen LogP contribution is -2.43. The molecule has 0 unspecified atom stereocenters. The zero-order chi connectivity index (χ0) is 16.8. The lowest BCUT2D eigenvalue weighted by Gasteiger charge is -2.12. The number of anilines is 1. The molecular weight excluding hydrogens is 374 g/mol. The van der Waals surface area contributed by atoms with Crippen LogP contribution in [0.5, 0.6) is 0 Å². The first-order valence-electron chi connectivity index (χ1n) is 7.18. The summed E-state index contributed by atoms with van der Waals surface area (Å²) in [6.07, 6.45) is 0. The van der Waals surface area contributed by atoms with Gasteiger partial charge in [0, 0.05) is 15.7 Å². The number of halogens is 1. The first-order chi connectivity index (χ1) is 11.0. The molecule has 0 saturated carbocycles. The maximum Gasteiger partial charge on any atom is 0.269 e. The van der Waals surface area contributed by atoms with Crippen LogP contribution in [0.1, 0.15) is 35.7 Å². The molecule has 1 amide bonds. The minimum atomic E-state index is -0.259. The summed E-state index contributed by atoms with van der Waals surface area (Å²) in [6.45, 7) is 4.29. The topological polar surface area (TPSA) is 53.2 Å². The Morgan fingerprint density at radius 1 is 1.09 bits per heavy atom. The number of carbonyl (C=O) groups is 1. The van der Waals surface area contributed by atoms with Gasteiger partial charge in [-0.3, -0.25) is 15.6 Å². The van der Waals surface area contributed by atoms with Crippen LogP contribution in [-0.4, -0.2) is 11.0 Å². The van der Waals surface area contributed by atoms with E-state index in [1.165, 1.54) is 5.56 Å². The molecule has 0 saturated heterocycles. The number of hydrogen-bond donors (Lipinski definition) is 3. The van der Waals surface area contributed by atoms with Crippen LogP contribution in [0.3, 0.4) is 0 Å². The van der Waals surface area contributed by atoms with Crippen molar-refractivity contribution in [3.05, 3.63) is 64.1 Å². The van der Waals surface area contributed by atoms with Crippen LogP contribution in [0.25, 0.3) is 0 Å². The van der Waals surface area contributed by atoms with Gasteiger partial charge < -0.3 is 5.32 Å². The summed E-state index contributed by atoms with van der Waals surface area (Å²) in [6, 6.07) is 15.1. The van der Waals surface area contributed by atoms with Gasteiger partial charge in [-0.1, -0.05) is 48.0 Å². The van der Waals surface area contributed by atoms with Crippen molar-refractivity contribution >= 4 is 44.9 Å². The van der Waals surface area contributed by atoms with Crippen LogP contribution < -0.4 is 16.2 Å². The molecule has 4 nitrogen and oxygen atoms in total. The van der Waals surface area contributed by atoms with Crippen molar-refractivity contribution in [2.45, 2.75) is 19.8 Å². The Morgan fingerprint density at radius 2 is 1.78 bits per heavy atom. The van der Waals surface area contributed by atoms with E-state index < -0.39 is 0 Å². The molecule has 23 heavy (non-hydrogen) atoms. The minimum Gasteiger partial charge on any atom is -0.331 e. The highest BCUT2D eigenvalue weighted by atomic mass is 79.9. The monoisotopic (exact) mass is 391 g/mol. The highest BCUT2D eigenvalue weighted by molar-refractivity contribution is 9.10. The summed E-state index contributed by atoms with van der Waals surface area (Å²) in [5.41, 5.74) is 7.92. The van der Waals surface area contributed by atoms with Gasteiger partial charge in [0.15, 0.2) is 5.11 Å². The second kappa shape index (κ2) is 8.08. The lowest BCUT2D eigenvalue weighted by molar-refractivity contribution is 0.0944. The van der Waals surface area contributed by atoms with Gasteiger partial charge in [-0.25, -0.2) is 0 Å². The molecule has 0 aliphatic heterocycles. The third kappa shape index (κ3) is 5.33. The number of benzene rings is 2. The fourth-order valence-corrected chi connectivity index (χ4v) is 2.50. The van der Waals surface area contributed by atoms with Gasteiger partial charge in [-0.05, 0) is 54.0 Å². The molecule has 0 atom stereocenters. The smallest absolute Gasteiger partial charge is 0.269 e. The molecular formula is C17H18BrN3OS. The van der Waals surface area contributed by atoms with Crippen LogP contribution in [0, 0.1) is 0 Å². The Kier molecular flexibility index (Phi) is 6.12. The van der Waals surface area contributed by atoms with E-state index >= 15 is 0 Å². The molecule has 120 valence electrons. The molecule has 0 heterocycles. The fraction of sp³-hybridized carbons (Fsp3) is 0.176. The highest BCUT2D eigenvalue weighted by Gasteiger charge is 2.06. The summed E-state index contributed by atoms with van der Waals surface area (Å²) in [4.78, 5) is 12.0. The molecule has 0 aromatic heterocycles. The second-order valence-corrected chi connectivity index (χ2v) is 6.64. The average molecular weight is 392 g/mol. The van der Waals surface area contributed by atoms with Crippen molar-refractivity contribution in [3.63, 3.8) is 0 Å². The van der Waals surface area contributed by atoms with Crippen molar-refractivity contribution in [1.29, 1.82) is 0 Å². The Morgan fingerprint density at radius 3 is 2.39 bits per heavy atom. The first-order valence-corrected chi connectivity index (χ1v) is 8.38. The van der Waals surface area contributed by atoms with Crippen LogP contribution in [0.15, 0.2) is 53.0 Å². The Balaban J connectivity index is 1.86. The van der Waals surface area contributed by atoms with Gasteiger partial charge in [0.1, 0.15) is 0 Å². The number of thiocarbonyl (C=S) groups is 1. The Labute approximate surface area is 149 Å². The normalized spacial score (nSPS) is 10.3. The van der Waals surface area contributed by atoms with Crippen molar-refractivity contribution in [2.24, 2.45) is 0 Å². The molecule has 0 radical (unpaired) electrons. The zero-order valence-corrected chi connectivity index (χ0v) is 15.3. The standard InChI is InChI=1S/C17H18BrN3OS/c1-11(2)12-6-8-15(9-7-12)19-17(23)21-20-16(22)13-4-3-5-14(18)10-13/h3-11H,1-2H3,(H,20,22)(H2,19,21,23). The number of nitrogens with one attached hydrogen (secondary N) is 3. The van der Waals surface area contributed by atoms with E-state index in [0.29, 0.717) is 16.6 Å². The summed E-state index contributed by atoms with van der Waals surface area (Å²) in [5, 5.41) is 3.35. The van der Waals surface area contributed by atoms with Crippen molar-refractivity contribution < 1.29 is 4.79 Å². The predicted molar refractivity (Wildman–Crippen MR) is 101 cm³/mol. The van der Waals surface area contributed by atoms with Gasteiger partial charge in [0.25, 0.3) is 5.91 Å². The van der Waals surface area contributed by atoms with Crippen LogP contribution >= 0.6 is 28.1 Å². The van der Waals surface area contributed by atoms with Gasteiger partial charge in [-0.2, -0.15) is 0 Å². The van der Waals surface area contributed by atoms with E-state index in [9.17, 15) is 4.79 Å². The number of hydrazine groups is 1. The van der Waals surface area contributed by atoms with Crippen LogP contribution in [-0.2, 0) is 0 Å².